The Balaban J connectivity index is 0.000000165. The zero-order chi connectivity index (χ0) is 100. The molecule has 13 aromatic carbocycles. The molecule has 0 aliphatic carbocycles. The third-order valence-corrected chi connectivity index (χ3v) is 22.6. The van der Waals surface area contributed by atoms with Gasteiger partial charge in [-0.25, -0.2) is 29.9 Å². The quantitative estimate of drug-likeness (QED) is 0.0227. The number of anilines is 1. The van der Waals surface area contributed by atoms with Crippen molar-refractivity contribution in [2.45, 2.75) is 26.2 Å². The van der Waals surface area contributed by atoms with E-state index < -0.39 is 23.5 Å². The van der Waals surface area contributed by atoms with Crippen molar-refractivity contribution in [1.82, 2.24) is 29.9 Å². The number of hydrogen-bond acceptors (Lipinski definition) is 26. The molecule has 6 N–H and O–H groups in total. The molecule has 0 amide bonds. The molecular formula is C101H69Cl8F6N19NiO7Zn2. The number of pyridine rings is 6. The van der Waals surface area contributed by atoms with Gasteiger partial charge >= 0.3 is 12.4 Å². The Morgan fingerprint density at radius 2 is 0.583 bits per heavy atom. The Labute approximate surface area is 890 Å². The molecule has 0 aliphatic rings. The summed E-state index contributed by atoms with van der Waals surface area (Å²) >= 11 is 47.1. The molecule has 0 bridgehead atoms. The molecule has 0 spiro atoms. The number of phenolic OH excluding ortho intramolecular Hbond substituents is 6. The first-order valence-corrected chi connectivity index (χ1v) is 44.7. The van der Waals surface area contributed by atoms with E-state index in [4.69, 9.17) is 97.5 Å². The predicted molar refractivity (Wildman–Crippen MR) is 542 cm³/mol. The second-order valence-corrected chi connectivity index (χ2v) is 32.9. The van der Waals surface area contributed by atoms with Gasteiger partial charge in [0.15, 0.2) is 46.3 Å². The van der Waals surface area contributed by atoms with Gasteiger partial charge in [-0.2, -0.15) is 26.3 Å². The fourth-order valence-electron chi connectivity index (χ4n) is 13.8. The number of rotatable bonds is 16. The number of phenols is 6. The van der Waals surface area contributed by atoms with E-state index in [1.165, 1.54) is 30.7 Å². The van der Waals surface area contributed by atoms with Crippen LogP contribution in [0.5, 0.6) is 40.2 Å². The maximum Gasteiger partial charge on any atom is 0.417 e. The molecular weight excluding hydrogens is 2180 g/mol. The van der Waals surface area contributed by atoms with Gasteiger partial charge in [0.2, 0.25) is 5.82 Å². The Morgan fingerprint density at radius 3 is 0.903 bits per heavy atom. The Kier molecular flexibility index (Phi) is 39.1. The summed E-state index contributed by atoms with van der Waals surface area (Å²) in [5.74, 6) is 1.34. The van der Waals surface area contributed by atoms with Crippen LogP contribution in [0.2, 0.25) is 40.2 Å². The van der Waals surface area contributed by atoms with Gasteiger partial charge in [0.05, 0.1) is 58.4 Å². The summed E-state index contributed by atoms with van der Waals surface area (Å²) in [5.41, 5.74) is 0.774. The molecule has 0 fully saturated rings. The number of benzene rings is 13. The SMILES string of the molecule is CCN(CC)c1ccc(N=Nc2ncc(C(F)(F)F)cc2Cl)c(O)c1.COc1cccnc1N=Nc1c(O)ccc2ccccc12.Oc1c(N=Nc2ncc(C(F)(F)F)cc2Cl)c2ccccc2c2ccccc12.Oc1c(N=Nc2ncc(Cl)cc2Cl)c2ccccc2c2ccccc12.Oc1ccc2ccccc2c1N=Nc1ncc(Cl)cc1Cl.Oc1ccc2ccccc2c1N=Nc1ncc(Cl)cc1Cl.[Ni].[Zn].[Zn]. The number of alkyl halides is 6. The normalized spacial score (nSPS) is 11.4. The largest absolute Gasteiger partial charge is 0.506 e. The van der Waals surface area contributed by atoms with E-state index >= 15 is 0 Å². The van der Waals surface area contributed by atoms with Crippen molar-refractivity contribution in [3.05, 3.63) is 355 Å². The minimum Gasteiger partial charge on any atom is -0.506 e. The first-order chi connectivity index (χ1) is 67.9. The summed E-state index contributed by atoms with van der Waals surface area (Å²) in [6.45, 7) is 5.54. The molecule has 26 nitrogen and oxygen atoms in total. The zero-order valence-electron chi connectivity index (χ0n) is 74.9. The van der Waals surface area contributed by atoms with Crippen LogP contribution in [0.15, 0.2) is 365 Å². The molecule has 0 saturated heterocycles. The molecule has 0 saturated carbocycles. The van der Waals surface area contributed by atoms with Crippen molar-refractivity contribution in [3.8, 4) is 40.2 Å². The van der Waals surface area contributed by atoms with Crippen LogP contribution in [0.3, 0.4) is 0 Å². The summed E-state index contributed by atoms with van der Waals surface area (Å²) in [5, 5.41) is 123. The molecule has 144 heavy (non-hydrogen) atoms. The molecule has 722 valence electrons. The van der Waals surface area contributed by atoms with Crippen LogP contribution in [0.4, 0.5) is 101 Å². The van der Waals surface area contributed by atoms with Crippen LogP contribution in [-0.2, 0) is 67.8 Å². The van der Waals surface area contributed by atoms with Crippen LogP contribution in [0, 0.1) is 0 Å². The standard InChI is InChI=1S/C20H11ClF3N3O.C19H11Cl2N3O.C16H16ClF3N4O.C16H13N3O2.2C15H9Cl2N3O.Ni.2Zn/c21-16-9-11(20(22,23)24)10-25-19(16)27-26-17-14-7-3-1-5-12(14)13-6-2-4-8-15(13)18(17)28;20-11-9-16(21)19(22-10-11)24-23-17-14-7-3-1-5-12(14)13-6-2-4-8-15(13)18(17)25;1-3-24(4-2)11-5-6-13(14(25)8-11)22-23-15-12(17)7-10(9-21-15)16(18,19)20;1-21-14-7-4-10-17-16(14)19-18-15-12-6-3-2-5-11(12)8-9-13(15)20;2*16-10-7-12(17)15(18-8-10)20-19-14-11-4-2-1-3-9(11)5-6-13(14)21;;;/h1-10,28H;1-10,25H;5-9,25H,3-4H2,1-2H3;2-10,20H,1H3;2*1-8,21H;;;. The van der Waals surface area contributed by atoms with Crippen LogP contribution < -0.4 is 9.64 Å². The second-order valence-electron chi connectivity index (χ2n) is 29.5. The minimum atomic E-state index is -4.56. The van der Waals surface area contributed by atoms with Crippen molar-refractivity contribution in [3.63, 3.8) is 0 Å². The van der Waals surface area contributed by atoms with Crippen LogP contribution in [0.1, 0.15) is 25.0 Å². The molecule has 43 heteroatoms. The second kappa shape index (κ2) is 50.9. The van der Waals surface area contributed by atoms with Crippen LogP contribution >= 0.6 is 92.8 Å². The number of aromatic nitrogens is 6. The summed E-state index contributed by atoms with van der Waals surface area (Å²) in [7, 11) is 1.55. The molecule has 0 unspecified atom stereocenters. The maximum atomic E-state index is 12.7. The monoisotopic (exact) mass is 2240 g/mol. The smallest absolute Gasteiger partial charge is 0.417 e. The number of halogens is 14. The van der Waals surface area contributed by atoms with Crippen molar-refractivity contribution in [1.29, 1.82) is 0 Å². The van der Waals surface area contributed by atoms with Gasteiger partial charge in [-0.15, -0.1) is 61.4 Å². The Bertz CT molecular complexity index is 7960. The number of fused-ring (bicyclic) bond motifs is 9. The van der Waals surface area contributed by atoms with Gasteiger partial charge < -0.3 is 40.3 Å². The maximum absolute atomic E-state index is 12.7. The number of hydrogen-bond donors (Lipinski definition) is 6. The van der Waals surface area contributed by atoms with Gasteiger partial charge in [0.1, 0.15) is 57.1 Å². The predicted octanol–water partition coefficient (Wildman–Crippen LogP) is 35.4. The van der Waals surface area contributed by atoms with E-state index in [0.717, 1.165) is 90.2 Å². The van der Waals surface area contributed by atoms with E-state index in [9.17, 15) is 57.0 Å². The van der Waals surface area contributed by atoms with Crippen molar-refractivity contribution < 1.29 is 117 Å². The van der Waals surface area contributed by atoms with Crippen LogP contribution in [-0.4, -0.2) is 80.7 Å². The molecule has 6 heterocycles. The summed E-state index contributed by atoms with van der Waals surface area (Å²) in [4.78, 5) is 25.4. The summed E-state index contributed by atoms with van der Waals surface area (Å²) in [6, 6.07) is 77.5. The number of nitrogens with zero attached hydrogens (tertiary/aromatic N) is 19. The van der Waals surface area contributed by atoms with Gasteiger partial charge in [0.25, 0.3) is 0 Å². The number of methoxy groups -OCH3 is 1. The van der Waals surface area contributed by atoms with Gasteiger partial charge in [-0.3, -0.25) is 0 Å². The van der Waals surface area contributed by atoms with E-state index in [2.05, 4.69) is 91.3 Å². The fourth-order valence-corrected chi connectivity index (χ4v) is 15.5. The van der Waals surface area contributed by atoms with Crippen LogP contribution in [0.25, 0.3) is 75.4 Å². The number of azo groups is 6. The molecule has 19 aromatic rings. The molecule has 0 atom stereocenters. The first kappa shape index (κ1) is 111. The number of aromatic hydroxyl groups is 6. The fraction of sp³-hybridized carbons (Fsp3) is 0.0693. The Morgan fingerprint density at radius 1 is 0.292 bits per heavy atom. The van der Waals surface area contributed by atoms with E-state index in [1.54, 1.807) is 92.2 Å². The zero-order valence-corrected chi connectivity index (χ0v) is 87.9. The molecule has 19 rings (SSSR count). The van der Waals surface area contributed by atoms with Crippen molar-refractivity contribution >= 4 is 243 Å². The minimum absolute atomic E-state index is 0. The first-order valence-electron chi connectivity index (χ1n) is 41.7. The van der Waals surface area contributed by atoms with Crippen molar-refractivity contribution in [2.24, 2.45) is 61.4 Å². The van der Waals surface area contributed by atoms with Gasteiger partial charge in [-0.05, 0) is 124 Å². The third kappa shape index (κ3) is 27.4. The summed E-state index contributed by atoms with van der Waals surface area (Å²) in [6.07, 6.45) is -1.90. The molecule has 0 aliphatic heterocycles. The van der Waals surface area contributed by atoms with Gasteiger partial charge in [-0.1, -0.05) is 281 Å². The van der Waals surface area contributed by atoms with Gasteiger partial charge in [0, 0.05) is 155 Å². The average molecular weight is 2250 g/mol. The van der Waals surface area contributed by atoms with E-state index in [1.807, 2.05) is 183 Å². The number of ether oxygens (including phenoxy) is 1. The molecule has 6 aromatic heterocycles. The van der Waals surface area contributed by atoms with E-state index in [-0.39, 0.29) is 140 Å². The van der Waals surface area contributed by atoms with E-state index in [0.29, 0.717) is 93.0 Å². The Hall–Kier alpha value is -13.8. The van der Waals surface area contributed by atoms with Crippen molar-refractivity contribution in [2.75, 3.05) is 25.1 Å². The summed E-state index contributed by atoms with van der Waals surface area (Å²) < 4.78 is 81.1. The molecule has 0 radical (unpaired) electrons. The third-order valence-electron chi connectivity index (χ3n) is 20.6. The average Bonchev–Trinajstić information content (AvgIpc) is 0.759. The topological polar surface area (TPSA) is 360 Å².